The highest BCUT2D eigenvalue weighted by Gasteiger charge is 2.28. The molecule has 0 aliphatic carbocycles. The van der Waals surface area contributed by atoms with Crippen LogP contribution in [0.25, 0.3) is 10.8 Å². The Morgan fingerprint density at radius 2 is 1.83 bits per heavy atom. The second-order valence-corrected chi connectivity index (χ2v) is 7.11. The molecule has 0 saturated carbocycles. The summed E-state index contributed by atoms with van der Waals surface area (Å²) in [6, 6.07) is 7.04. The number of hydrogen-bond donors (Lipinski definition) is 0. The summed E-state index contributed by atoms with van der Waals surface area (Å²) >= 11 is 3.34. The summed E-state index contributed by atoms with van der Waals surface area (Å²) < 4.78 is 26.1. The molecule has 2 heterocycles. The van der Waals surface area contributed by atoms with E-state index in [1.54, 1.807) is 24.3 Å². The summed E-state index contributed by atoms with van der Waals surface area (Å²) in [5, 5.41) is 1.32. The van der Waals surface area contributed by atoms with E-state index >= 15 is 0 Å². The Hall–Kier alpha value is -1.14. The molecule has 0 saturated heterocycles. The van der Waals surface area contributed by atoms with Crippen molar-refractivity contribution in [3.05, 3.63) is 39.1 Å². The molecule has 0 atom stereocenters. The first kappa shape index (κ1) is 11.9. The van der Waals surface area contributed by atoms with Crippen LogP contribution in [0.15, 0.2) is 38.6 Å². The van der Waals surface area contributed by atoms with Crippen LogP contribution in [0.3, 0.4) is 0 Å². The number of benzene rings is 1. The fraction of sp³-hybridized carbons (Fsp3) is 0.250. The Morgan fingerprint density at radius 1 is 1.17 bits per heavy atom. The van der Waals surface area contributed by atoms with E-state index in [4.69, 9.17) is 0 Å². The van der Waals surface area contributed by atoms with Gasteiger partial charge in [0.1, 0.15) is 0 Å². The van der Waals surface area contributed by atoms with E-state index in [-0.39, 0.29) is 16.3 Å². The van der Waals surface area contributed by atoms with Gasteiger partial charge in [0.15, 0.2) is 14.9 Å². The average Bonchev–Trinajstić information content (AvgIpc) is 2.35. The number of halogens is 1. The molecule has 1 aromatic carbocycles. The average molecular weight is 328 g/mol. The number of hydrogen-bond acceptors (Lipinski definition) is 3. The maximum absolute atomic E-state index is 12.3. The van der Waals surface area contributed by atoms with E-state index in [1.165, 1.54) is 4.57 Å². The van der Waals surface area contributed by atoms with E-state index in [2.05, 4.69) is 15.9 Å². The maximum atomic E-state index is 12.3. The van der Waals surface area contributed by atoms with Crippen LogP contribution in [0.4, 0.5) is 0 Å². The largest absolute Gasteiger partial charge is 0.298 e. The van der Waals surface area contributed by atoms with E-state index in [0.717, 1.165) is 0 Å². The predicted molar refractivity (Wildman–Crippen MR) is 72.6 cm³/mol. The van der Waals surface area contributed by atoms with Gasteiger partial charge in [-0.1, -0.05) is 18.2 Å². The Bertz CT molecular complexity index is 808. The first-order chi connectivity index (χ1) is 8.52. The van der Waals surface area contributed by atoms with Crippen LogP contribution >= 0.6 is 15.9 Å². The molecule has 0 amide bonds. The molecule has 18 heavy (non-hydrogen) atoms. The van der Waals surface area contributed by atoms with Gasteiger partial charge in [0.2, 0.25) is 0 Å². The van der Waals surface area contributed by atoms with Crippen molar-refractivity contribution in [1.82, 2.24) is 4.57 Å². The zero-order valence-electron chi connectivity index (χ0n) is 9.39. The molecule has 0 unspecified atom stereocenters. The molecular formula is C12H10BrNO3S. The molecule has 0 radical (unpaired) electrons. The minimum absolute atomic E-state index is 0.101. The van der Waals surface area contributed by atoms with Crippen molar-refractivity contribution in [2.24, 2.45) is 0 Å². The predicted octanol–water partition coefficient (Wildman–Crippen LogP) is 1.94. The summed E-state index contributed by atoms with van der Waals surface area (Å²) in [6.45, 7) is 0.455. The molecule has 0 spiro atoms. The van der Waals surface area contributed by atoms with Crippen LogP contribution in [0.2, 0.25) is 0 Å². The number of pyridine rings is 1. The molecule has 0 N–H and O–H groups in total. The zero-order chi connectivity index (χ0) is 12.9. The highest BCUT2D eigenvalue weighted by molar-refractivity contribution is 9.10. The van der Waals surface area contributed by atoms with Crippen molar-refractivity contribution < 1.29 is 8.42 Å². The number of sulfone groups is 1. The quantitative estimate of drug-likeness (QED) is 0.743. The summed E-state index contributed by atoms with van der Waals surface area (Å²) in [5.74, 6) is 0.101. The van der Waals surface area contributed by atoms with Gasteiger partial charge < -0.3 is 0 Å². The molecule has 4 nitrogen and oxygen atoms in total. The van der Waals surface area contributed by atoms with Crippen LogP contribution in [-0.2, 0) is 16.4 Å². The second-order valence-electron chi connectivity index (χ2n) is 4.29. The molecule has 1 aliphatic heterocycles. The standard InChI is InChI=1S/C12H10BrNO3S/c13-10-8-4-1-2-5-9(8)11(15)14-6-3-7-18(16,17)12(10)14/h1-2,4-5H,3,6-7H2. The van der Waals surface area contributed by atoms with Crippen molar-refractivity contribution in [2.45, 2.75) is 18.0 Å². The topological polar surface area (TPSA) is 56.1 Å². The van der Waals surface area contributed by atoms with Crippen molar-refractivity contribution in [1.29, 1.82) is 0 Å². The number of fused-ring (bicyclic) bond motifs is 2. The molecule has 1 aromatic heterocycles. The zero-order valence-corrected chi connectivity index (χ0v) is 11.8. The number of aromatic nitrogens is 1. The van der Waals surface area contributed by atoms with E-state index in [1.807, 2.05) is 0 Å². The van der Waals surface area contributed by atoms with Gasteiger partial charge >= 0.3 is 0 Å². The van der Waals surface area contributed by atoms with Gasteiger partial charge in [0.25, 0.3) is 5.56 Å². The van der Waals surface area contributed by atoms with Gasteiger partial charge in [-0.15, -0.1) is 0 Å². The van der Waals surface area contributed by atoms with Crippen molar-refractivity contribution in [3.63, 3.8) is 0 Å². The number of rotatable bonds is 0. The van der Waals surface area contributed by atoms with Gasteiger partial charge in [-0.25, -0.2) is 8.42 Å². The molecule has 0 bridgehead atoms. The molecule has 2 aromatic rings. The Kier molecular flexibility index (Phi) is 2.60. The molecule has 3 rings (SSSR count). The van der Waals surface area contributed by atoms with Gasteiger partial charge in [-0.05, 0) is 28.4 Å². The van der Waals surface area contributed by atoms with Crippen LogP contribution < -0.4 is 5.56 Å². The second kappa shape index (κ2) is 3.93. The Labute approximate surface area is 112 Å². The van der Waals surface area contributed by atoms with Crippen molar-refractivity contribution in [3.8, 4) is 0 Å². The first-order valence-electron chi connectivity index (χ1n) is 5.56. The Balaban J connectivity index is 2.60. The molecule has 1 aliphatic rings. The fourth-order valence-corrected chi connectivity index (χ4v) is 5.24. The van der Waals surface area contributed by atoms with Crippen LogP contribution in [0, 0.1) is 0 Å². The lowest BCUT2D eigenvalue weighted by Gasteiger charge is -2.21. The minimum atomic E-state index is -3.37. The lowest BCUT2D eigenvalue weighted by atomic mass is 10.2. The maximum Gasteiger partial charge on any atom is 0.259 e. The summed E-state index contributed by atoms with van der Waals surface area (Å²) in [4.78, 5) is 12.3. The highest BCUT2D eigenvalue weighted by atomic mass is 79.9. The summed E-state index contributed by atoms with van der Waals surface area (Å²) in [5.41, 5.74) is -0.230. The molecule has 0 fully saturated rings. The third-order valence-electron chi connectivity index (χ3n) is 3.16. The van der Waals surface area contributed by atoms with E-state index < -0.39 is 9.84 Å². The van der Waals surface area contributed by atoms with E-state index in [9.17, 15) is 13.2 Å². The fourth-order valence-electron chi connectivity index (χ4n) is 2.35. The van der Waals surface area contributed by atoms with Crippen LogP contribution in [-0.4, -0.2) is 18.7 Å². The third kappa shape index (κ3) is 1.55. The third-order valence-corrected chi connectivity index (χ3v) is 6.07. The van der Waals surface area contributed by atoms with E-state index in [0.29, 0.717) is 28.2 Å². The Morgan fingerprint density at radius 3 is 2.56 bits per heavy atom. The summed E-state index contributed by atoms with van der Waals surface area (Å²) in [7, 11) is -3.37. The number of nitrogens with zero attached hydrogens (tertiary/aromatic N) is 1. The van der Waals surface area contributed by atoms with Crippen molar-refractivity contribution in [2.75, 3.05) is 5.75 Å². The molecular weight excluding hydrogens is 318 g/mol. The lowest BCUT2D eigenvalue weighted by Crippen LogP contribution is -2.32. The van der Waals surface area contributed by atoms with Gasteiger partial charge in [-0.3, -0.25) is 9.36 Å². The van der Waals surface area contributed by atoms with Gasteiger partial charge in [0, 0.05) is 17.3 Å². The van der Waals surface area contributed by atoms with Gasteiger partial charge in [-0.2, -0.15) is 0 Å². The van der Waals surface area contributed by atoms with Gasteiger partial charge in [0.05, 0.1) is 10.2 Å². The first-order valence-corrected chi connectivity index (χ1v) is 8.01. The highest BCUT2D eigenvalue weighted by Crippen LogP contribution is 2.31. The smallest absolute Gasteiger partial charge is 0.259 e. The van der Waals surface area contributed by atoms with Crippen LogP contribution in [0.1, 0.15) is 6.42 Å². The lowest BCUT2D eigenvalue weighted by molar-refractivity contribution is 0.524. The summed E-state index contributed by atoms with van der Waals surface area (Å²) in [6.07, 6.45) is 0.486. The SMILES string of the molecule is O=c1c2ccccc2c(Br)c2n1CCCS2(=O)=O. The minimum Gasteiger partial charge on any atom is -0.298 e. The van der Waals surface area contributed by atoms with Crippen LogP contribution in [0.5, 0.6) is 0 Å². The van der Waals surface area contributed by atoms with Crippen molar-refractivity contribution >= 4 is 36.5 Å². The molecule has 94 valence electrons. The molecule has 6 heteroatoms. The monoisotopic (exact) mass is 327 g/mol. The normalized spacial score (nSPS) is 17.6.